The smallest absolute Gasteiger partial charge is 0.331 e. The molecule has 1 rings (SSSR count). The van der Waals surface area contributed by atoms with Crippen LogP contribution in [0, 0.1) is 0 Å². The SMILES string of the molecule is COC(=O)COC1CC(C(N)=O)N(C(N)=O)C1. The second-order valence-electron chi connectivity index (χ2n) is 3.65. The van der Waals surface area contributed by atoms with Crippen LogP contribution in [0.25, 0.3) is 0 Å². The number of carbonyl (C=O) groups is 3. The average Bonchev–Trinajstić information content (AvgIpc) is 2.70. The Morgan fingerprint density at radius 2 is 2.00 bits per heavy atom. The second kappa shape index (κ2) is 5.48. The Morgan fingerprint density at radius 3 is 2.41 bits per heavy atom. The van der Waals surface area contributed by atoms with Gasteiger partial charge in [-0.05, 0) is 0 Å². The molecule has 1 aliphatic heterocycles. The fourth-order valence-corrected chi connectivity index (χ4v) is 1.68. The summed E-state index contributed by atoms with van der Waals surface area (Å²) in [5.74, 6) is -1.17. The van der Waals surface area contributed by atoms with Crippen molar-refractivity contribution in [2.75, 3.05) is 20.3 Å². The first-order chi connectivity index (χ1) is 7.95. The predicted molar refractivity (Wildman–Crippen MR) is 55.6 cm³/mol. The molecule has 96 valence electrons. The molecule has 8 nitrogen and oxygen atoms in total. The van der Waals surface area contributed by atoms with E-state index in [9.17, 15) is 14.4 Å². The predicted octanol–water partition coefficient (Wildman–Crippen LogP) is -1.82. The van der Waals surface area contributed by atoms with Crippen molar-refractivity contribution in [1.82, 2.24) is 4.90 Å². The van der Waals surface area contributed by atoms with Gasteiger partial charge in [-0.2, -0.15) is 0 Å². The van der Waals surface area contributed by atoms with Crippen molar-refractivity contribution in [3.05, 3.63) is 0 Å². The van der Waals surface area contributed by atoms with Crippen LogP contribution in [0.5, 0.6) is 0 Å². The molecule has 0 bridgehead atoms. The summed E-state index contributed by atoms with van der Waals surface area (Å²) in [5, 5.41) is 0. The Labute approximate surface area is 97.8 Å². The number of primary amides is 2. The summed E-state index contributed by atoms with van der Waals surface area (Å²) in [5.41, 5.74) is 10.2. The molecule has 1 heterocycles. The summed E-state index contributed by atoms with van der Waals surface area (Å²) in [4.78, 5) is 34.1. The van der Waals surface area contributed by atoms with Crippen molar-refractivity contribution >= 4 is 17.9 Å². The molecule has 2 atom stereocenters. The lowest BCUT2D eigenvalue weighted by Gasteiger charge is -2.18. The van der Waals surface area contributed by atoms with Gasteiger partial charge in [0.15, 0.2) is 0 Å². The summed E-state index contributed by atoms with van der Waals surface area (Å²) < 4.78 is 9.58. The molecule has 0 radical (unpaired) electrons. The monoisotopic (exact) mass is 245 g/mol. The molecule has 1 aliphatic rings. The van der Waals surface area contributed by atoms with Gasteiger partial charge in [0.05, 0.1) is 13.2 Å². The summed E-state index contributed by atoms with van der Waals surface area (Å²) in [7, 11) is 1.24. The van der Waals surface area contributed by atoms with E-state index in [1.54, 1.807) is 0 Å². The molecular weight excluding hydrogens is 230 g/mol. The zero-order valence-corrected chi connectivity index (χ0v) is 9.42. The number of carbonyl (C=O) groups excluding carboxylic acids is 3. The van der Waals surface area contributed by atoms with Crippen molar-refractivity contribution in [2.24, 2.45) is 11.5 Å². The molecule has 0 aliphatic carbocycles. The number of hydrogen-bond acceptors (Lipinski definition) is 5. The van der Waals surface area contributed by atoms with Crippen molar-refractivity contribution in [2.45, 2.75) is 18.6 Å². The van der Waals surface area contributed by atoms with E-state index in [4.69, 9.17) is 16.2 Å². The van der Waals surface area contributed by atoms with E-state index >= 15 is 0 Å². The van der Waals surface area contributed by atoms with Crippen LogP contribution in [0.15, 0.2) is 0 Å². The van der Waals surface area contributed by atoms with Crippen molar-refractivity contribution in [3.8, 4) is 0 Å². The molecular formula is C9H15N3O5. The highest BCUT2D eigenvalue weighted by Crippen LogP contribution is 2.19. The summed E-state index contributed by atoms with van der Waals surface area (Å²) in [6.07, 6.45) is -0.214. The highest BCUT2D eigenvalue weighted by Gasteiger charge is 2.38. The van der Waals surface area contributed by atoms with E-state index in [0.717, 1.165) is 4.90 Å². The van der Waals surface area contributed by atoms with Crippen LogP contribution in [0.1, 0.15) is 6.42 Å². The zero-order valence-electron chi connectivity index (χ0n) is 9.42. The molecule has 0 aromatic rings. The van der Waals surface area contributed by atoms with Crippen LogP contribution in [0.2, 0.25) is 0 Å². The van der Waals surface area contributed by atoms with Crippen LogP contribution < -0.4 is 11.5 Å². The van der Waals surface area contributed by atoms with Gasteiger partial charge < -0.3 is 25.8 Å². The third-order valence-corrected chi connectivity index (χ3v) is 2.54. The van der Waals surface area contributed by atoms with Crippen LogP contribution in [0.3, 0.4) is 0 Å². The molecule has 4 N–H and O–H groups in total. The number of urea groups is 1. The Morgan fingerprint density at radius 1 is 1.35 bits per heavy atom. The molecule has 17 heavy (non-hydrogen) atoms. The standard InChI is InChI=1S/C9H15N3O5/c1-16-7(13)4-17-5-2-6(8(10)14)12(3-5)9(11)15/h5-6H,2-4H2,1H3,(H2,10,14)(H2,11,15). The summed E-state index contributed by atoms with van der Waals surface area (Å²) in [6.45, 7) is -0.0980. The van der Waals surface area contributed by atoms with E-state index in [1.165, 1.54) is 7.11 Å². The molecule has 0 aromatic heterocycles. The van der Waals surface area contributed by atoms with Crippen LogP contribution in [0.4, 0.5) is 4.79 Å². The summed E-state index contributed by atoms with van der Waals surface area (Å²) >= 11 is 0. The minimum Gasteiger partial charge on any atom is -0.467 e. The first-order valence-corrected chi connectivity index (χ1v) is 4.99. The number of esters is 1. The Kier molecular flexibility index (Phi) is 4.27. The zero-order chi connectivity index (χ0) is 13.0. The molecule has 3 amide bonds. The van der Waals surface area contributed by atoms with Crippen LogP contribution in [-0.2, 0) is 19.1 Å². The Hall–Kier alpha value is -1.83. The fraction of sp³-hybridized carbons (Fsp3) is 0.667. The maximum absolute atomic E-state index is 11.1. The van der Waals surface area contributed by atoms with E-state index in [-0.39, 0.29) is 19.6 Å². The third kappa shape index (κ3) is 3.31. The molecule has 0 saturated carbocycles. The highest BCUT2D eigenvalue weighted by molar-refractivity contribution is 5.86. The number of nitrogens with two attached hydrogens (primary N) is 2. The van der Waals surface area contributed by atoms with Crippen LogP contribution in [-0.4, -0.2) is 55.2 Å². The van der Waals surface area contributed by atoms with Gasteiger partial charge in [-0.25, -0.2) is 9.59 Å². The minimum atomic E-state index is -0.782. The van der Waals surface area contributed by atoms with Gasteiger partial charge in [-0.3, -0.25) is 4.79 Å². The van der Waals surface area contributed by atoms with Crippen LogP contribution >= 0.6 is 0 Å². The third-order valence-electron chi connectivity index (χ3n) is 2.54. The van der Waals surface area contributed by atoms with Gasteiger partial charge in [0.2, 0.25) is 5.91 Å². The molecule has 2 unspecified atom stereocenters. The molecule has 1 fully saturated rings. The lowest BCUT2D eigenvalue weighted by Crippen LogP contribution is -2.46. The second-order valence-corrected chi connectivity index (χ2v) is 3.65. The first kappa shape index (κ1) is 13.2. The number of amides is 3. The number of rotatable bonds is 4. The number of hydrogen-bond donors (Lipinski definition) is 2. The molecule has 8 heteroatoms. The quantitative estimate of drug-likeness (QED) is 0.564. The van der Waals surface area contributed by atoms with Gasteiger partial charge in [0, 0.05) is 13.0 Å². The van der Waals surface area contributed by atoms with Gasteiger partial charge in [0.1, 0.15) is 12.6 Å². The van der Waals surface area contributed by atoms with Crippen molar-refractivity contribution < 1.29 is 23.9 Å². The largest absolute Gasteiger partial charge is 0.467 e. The summed E-state index contributed by atoms with van der Waals surface area (Å²) in [6, 6.07) is -1.52. The number of ether oxygens (including phenoxy) is 2. The van der Waals surface area contributed by atoms with E-state index < -0.39 is 30.1 Å². The first-order valence-electron chi connectivity index (χ1n) is 4.99. The van der Waals surface area contributed by atoms with Crippen molar-refractivity contribution in [3.63, 3.8) is 0 Å². The maximum atomic E-state index is 11.1. The highest BCUT2D eigenvalue weighted by atomic mass is 16.6. The van der Waals surface area contributed by atoms with Gasteiger partial charge in [-0.1, -0.05) is 0 Å². The molecule has 0 spiro atoms. The van der Waals surface area contributed by atoms with E-state index in [1.807, 2.05) is 0 Å². The van der Waals surface area contributed by atoms with Gasteiger partial charge in [0.25, 0.3) is 0 Å². The van der Waals surface area contributed by atoms with Crippen molar-refractivity contribution in [1.29, 1.82) is 0 Å². The van der Waals surface area contributed by atoms with Gasteiger partial charge in [-0.15, -0.1) is 0 Å². The normalized spacial score (nSPS) is 23.5. The van der Waals surface area contributed by atoms with Gasteiger partial charge >= 0.3 is 12.0 Å². The number of likely N-dealkylation sites (tertiary alicyclic amines) is 1. The number of methoxy groups -OCH3 is 1. The topological polar surface area (TPSA) is 125 Å². The molecule has 1 saturated heterocycles. The minimum absolute atomic E-state index is 0.139. The Balaban J connectivity index is 2.54. The Bertz CT molecular complexity index is 311. The number of nitrogens with zero attached hydrogens (tertiary/aromatic N) is 1. The van der Waals surface area contributed by atoms with E-state index in [0.29, 0.717) is 0 Å². The lowest BCUT2D eigenvalue weighted by atomic mass is 10.2. The maximum Gasteiger partial charge on any atom is 0.331 e. The van der Waals surface area contributed by atoms with E-state index in [2.05, 4.69) is 4.74 Å². The molecule has 0 aromatic carbocycles. The fourth-order valence-electron chi connectivity index (χ4n) is 1.68. The lowest BCUT2D eigenvalue weighted by molar-refractivity contribution is -0.147. The average molecular weight is 245 g/mol.